The molecule has 0 aromatic carbocycles. The van der Waals surface area contributed by atoms with Crippen molar-refractivity contribution < 1.29 is 9.90 Å². The van der Waals surface area contributed by atoms with E-state index in [1.165, 1.54) is 6.08 Å². The van der Waals surface area contributed by atoms with Crippen LogP contribution < -0.4 is 0 Å². The van der Waals surface area contributed by atoms with Crippen molar-refractivity contribution >= 4 is 5.97 Å². The van der Waals surface area contributed by atoms with Crippen molar-refractivity contribution in [2.75, 3.05) is 0 Å². The van der Waals surface area contributed by atoms with Crippen LogP contribution in [0.25, 0.3) is 0 Å². The quantitative estimate of drug-likeness (QED) is 0.455. The molecule has 2 heteroatoms. The Labute approximate surface area is 53.8 Å². The summed E-state index contributed by atoms with van der Waals surface area (Å²) in [5.41, 5.74) is 0. The Morgan fingerprint density at radius 2 is 2.00 bits per heavy atom. The lowest BCUT2D eigenvalue weighted by atomic mass is 10.4. The highest BCUT2D eigenvalue weighted by Gasteiger charge is 1.78. The van der Waals surface area contributed by atoms with Gasteiger partial charge in [-0.05, 0) is 0 Å². The van der Waals surface area contributed by atoms with Gasteiger partial charge >= 0.3 is 5.97 Å². The maximum absolute atomic E-state index is 9.82. The number of allylic oxidation sites excluding steroid dienone is 4. The van der Waals surface area contributed by atoms with Crippen LogP contribution in [0.5, 0.6) is 0 Å². The van der Waals surface area contributed by atoms with Crippen LogP contribution in [-0.2, 0) is 4.79 Å². The summed E-state index contributed by atoms with van der Waals surface area (Å²) in [6.45, 7) is 3.41. The zero-order valence-electron chi connectivity index (χ0n) is 4.95. The number of carbonyl (C=O) groups is 1. The molecule has 0 saturated carbocycles. The van der Waals surface area contributed by atoms with Crippen LogP contribution in [0.15, 0.2) is 37.0 Å². The van der Waals surface area contributed by atoms with E-state index < -0.39 is 5.97 Å². The molecule has 0 aliphatic carbocycles. The third-order valence-electron chi connectivity index (χ3n) is 0.597. The molecule has 0 saturated heterocycles. The van der Waals surface area contributed by atoms with Gasteiger partial charge in [0.1, 0.15) is 0 Å². The fraction of sp³-hybridized carbons (Fsp3) is 0. The Morgan fingerprint density at radius 1 is 1.33 bits per heavy atom. The maximum atomic E-state index is 9.82. The Kier molecular flexibility index (Phi) is 4.14. The van der Waals surface area contributed by atoms with Crippen molar-refractivity contribution in [1.29, 1.82) is 0 Å². The van der Waals surface area contributed by atoms with Gasteiger partial charge in [0, 0.05) is 6.08 Å². The molecule has 1 N–H and O–H groups in total. The summed E-state index contributed by atoms with van der Waals surface area (Å²) in [5, 5.41) is 8.07. The normalized spacial score (nSPS) is 10.7. The van der Waals surface area contributed by atoms with Gasteiger partial charge in [-0.1, -0.05) is 30.9 Å². The van der Waals surface area contributed by atoms with Gasteiger partial charge in [0.15, 0.2) is 0 Å². The number of hydrogen-bond donors (Lipinski definition) is 1. The summed E-state index contributed by atoms with van der Waals surface area (Å²) in [4.78, 5) is 9.82. The molecule has 0 heterocycles. The number of hydrogen-bond acceptors (Lipinski definition) is 1. The molecule has 0 radical (unpaired) electrons. The second-order valence-electron chi connectivity index (χ2n) is 1.32. The molecule has 0 bridgehead atoms. The van der Waals surface area contributed by atoms with Gasteiger partial charge in [0.25, 0.3) is 0 Å². The van der Waals surface area contributed by atoms with Crippen molar-refractivity contribution in [3.05, 3.63) is 37.0 Å². The molecule has 0 unspecified atom stereocenters. The molecule has 0 spiro atoms. The van der Waals surface area contributed by atoms with E-state index in [-0.39, 0.29) is 0 Å². The standard InChI is InChI=1S/C7H8O2/c1-2-3-4-5-6-7(8)9/h2-6H,1H2,(H,8,9)/b4-3?,6-5+. The molecule has 0 aliphatic heterocycles. The van der Waals surface area contributed by atoms with E-state index in [1.54, 1.807) is 18.2 Å². The van der Waals surface area contributed by atoms with Crippen LogP contribution in [-0.4, -0.2) is 11.1 Å². The summed E-state index contributed by atoms with van der Waals surface area (Å²) in [7, 11) is 0. The lowest BCUT2D eigenvalue weighted by Gasteiger charge is -1.72. The monoisotopic (exact) mass is 124 g/mol. The van der Waals surface area contributed by atoms with Crippen molar-refractivity contribution in [3.8, 4) is 0 Å². The van der Waals surface area contributed by atoms with Gasteiger partial charge in [-0.15, -0.1) is 0 Å². The molecule has 2 nitrogen and oxygen atoms in total. The third-order valence-corrected chi connectivity index (χ3v) is 0.597. The highest BCUT2D eigenvalue weighted by atomic mass is 16.4. The third kappa shape index (κ3) is 6.69. The van der Waals surface area contributed by atoms with Gasteiger partial charge < -0.3 is 5.11 Å². The summed E-state index contributed by atoms with van der Waals surface area (Å²) < 4.78 is 0. The summed E-state index contributed by atoms with van der Waals surface area (Å²) in [6.07, 6.45) is 7.32. The minimum absolute atomic E-state index is 0.941. The van der Waals surface area contributed by atoms with Crippen molar-refractivity contribution in [2.24, 2.45) is 0 Å². The average Bonchev–Trinajstić information content (AvgIpc) is 1.80. The van der Waals surface area contributed by atoms with Crippen LogP contribution in [0.1, 0.15) is 0 Å². The van der Waals surface area contributed by atoms with Crippen LogP contribution in [0.4, 0.5) is 0 Å². The van der Waals surface area contributed by atoms with Crippen LogP contribution in [0.2, 0.25) is 0 Å². The fourth-order valence-electron chi connectivity index (χ4n) is 0.281. The topological polar surface area (TPSA) is 37.3 Å². The highest BCUT2D eigenvalue weighted by molar-refractivity contribution is 5.80. The van der Waals surface area contributed by atoms with Crippen molar-refractivity contribution in [2.45, 2.75) is 0 Å². The van der Waals surface area contributed by atoms with Crippen molar-refractivity contribution in [1.82, 2.24) is 0 Å². The Morgan fingerprint density at radius 3 is 2.44 bits per heavy atom. The lowest BCUT2D eigenvalue weighted by molar-refractivity contribution is -0.131. The van der Waals surface area contributed by atoms with E-state index in [2.05, 4.69) is 6.58 Å². The Hall–Kier alpha value is -1.31. The molecule has 9 heavy (non-hydrogen) atoms. The van der Waals surface area contributed by atoms with Gasteiger partial charge in [-0.2, -0.15) is 0 Å². The minimum Gasteiger partial charge on any atom is -0.478 e. The Balaban J connectivity index is 3.59. The van der Waals surface area contributed by atoms with Crippen LogP contribution in [0.3, 0.4) is 0 Å². The Bertz CT molecular complexity index is 154. The van der Waals surface area contributed by atoms with Crippen molar-refractivity contribution in [3.63, 3.8) is 0 Å². The summed E-state index contributed by atoms with van der Waals surface area (Å²) in [5.74, 6) is -0.941. The molecule has 0 aromatic heterocycles. The first kappa shape index (κ1) is 7.69. The summed E-state index contributed by atoms with van der Waals surface area (Å²) in [6, 6.07) is 0. The molecule has 0 amide bonds. The zero-order valence-corrected chi connectivity index (χ0v) is 4.95. The number of carboxylic acid groups (broad SMARTS) is 1. The first-order chi connectivity index (χ1) is 4.27. The molecule has 0 aliphatic rings. The van der Waals surface area contributed by atoms with E-state index >= 15 is 0 Å². The van der Waals surface area contributed by atoms with E-state index in [0.29, 0.717) is 0 Å². The number of aliphatic carboxylic acids is 1. The average molecular weight is 124 g/mol. The van der Waals surface area contributed by atoms with Crippen LogP contribution in [0, 0.1) is 0 Å². The smallest absolute Gasteiger partial charge is 0.328 e. The second-order valence-corrected chi connectivity index (χ2v) is 1.32. The first-order valence-corrected chi connectivity index (χ1v) is 2.46. The molecule has 0 fully saturated rings. The number of rotatable bonds is 3. The predicted molar refractivity (Wildman–Crippen MR) is 36.1 cm³/mol. The molecule has 48 valence electrons. The first-order valence-electron chi connectivity index (χ1n) is 2.46. The van der Waals surface area contributed by atoms with Gasteiger partial charge in [0.2, 0.25) is 0 Å². The van der Waals surface area contributed by atoms with E-state index in [4.69, 9.17) is 5.11 Å². The second kappa shape index (κ2) is 4.84. The van der Waals surface area contributed by atoms with E-state index in [9.17, 15) is 4.79 Å². The minimum atomic E-state index is -0.941. The molecular formula is C7H8O2. The van der Waals surface area contributed by atoms with Gasteiger partial charge in [-0.25, -0.2) is 4.79 Å². The number of carboxylic acids is 1. The molecule has 0 atom stereocenters. The fourth-order valence-corrected chi connectivity index (χ4v) is 0.281. The van der Waals surface area contributed by atoms with E-state index in [0.717, 1.165) is 6.08 Å². The largest absolute Gasteiger partial charge is 0.478 e. The molecule has 0 rings (SSSR count). The SMILES string of the molecule is C=CC=C/C=C/C(=O)O. The van der Waals surface area contributed by atoms with Gasteiger partial charge in [0.05, 0.1) is 0 Å². The molecule has 0 aromatic rings. The lowest BCUT2D eigenvalue weighted by Crippen LogP contribution is -1.83. The predicted octanol–water partition coefficient (Wildman–Crippen LogP) is 1.37. The summed E-state index contributed by atoms with van der Waals surface area (Å²) >= 11 is 0. The maximum Gasteiger partial charge on any atom is 0.328 e. The van der Waals surface area contributed by atoms with Crippen LogP contribution >= 0.6 is 0 Å². The zero-order chi connectivity index (χ0) is 7.11. The van der Waals surface area contributed by atoms with Gasteiger partial charge in [-0.3, -0.25) is 0 Å². The molecular weight excluding hydrogens is 116 g/mol. The highest BCUT2D eigenvalue weighted by Crippen LogP contribution is 1.76. The van der Waals surface area contributed by atoms with E-state index in [1.807, 2.05) is 0 Å².